The summed E-state index contributed by atoms with van der Waals surface area (Å²) >= 11 is 0.994. The van der Waals surface area contributed by atoms with Gasteiger partial charge in [-0.05, 0) is 58.6 Å². The van der Waals surface area contributed by atoms with Gasteiger partial charge in [-0.15, -0.1) is 11.3 Å². The molecule has 0 radical (unpaired) electrons. The van der Waals surface area contributed by atoms with Crippen LogP contribution in [0.5, 0.6) is 0 Å². The van der Waals surface area contributed by atoms with Crippen LogP contribution in [0.4, 0.5) is 13.2 Å². The predicted octanol–water partition coefficient (Wildman–Crippen LogP) is 4.26. The molecule has 4 atom stereocenters. The lowest BCUT2D eigenvalue weighted by atomic mass is 9.80. The lowest BCUT2D eigenvalue weighted by molar-refractivity contribution is -0.151. The van der Waals surface area contributed by atoms with Crippen LogP contribution in [0.2, 0.25) is 0 Å². The molecular weight excluding hydrogens is 533 g/mol. The van der Waals surface area contributed by atoms with Gasteiger partial charge in [0.15, 0.2) is 5.01 Å². The third-order valence-electron chi connectivity index (χ3n) is 7.08. The Morgan fingerprint density at radius 3 is 2.56 bits per heavy atom. The molecule has 4 rings (SSSR count). The zero-order valence-corrected chi connectivity index (χ0v) is 23.1. The van der Waals surface area contributed by atoms with Crippen molar-refractivity contribution in [3.05, 3.63) is 40.2 Å². The number of aromatic nitrogens is 1. The highest BCUT2D eigenvalue weighted by molar-refractivity contribution is 7.12. The molecule has 1 aromatic heterocycles. The molecule has 1 aliphatic carbocycles. The van der Waals surface area contributed by atoms with Crippen LogP contribution < -0.4 is 10.6 Å². The Morgan fingerprint density at radius 1 is 1.15 bits per heavy atom. The van der Waals surface area contributed by atoms with E-state index in [4.69, 9.17) is 4.74 Å². The topological polar surface area (TPSA) is 101 Å². The van der Waals surface area contributed by atoms with Gasteiger partial charge in [0.05, 0.1) is 24.3 Å². The van der Waals surface area contributed by atoms with Crippen LogP contribution in [0.15, 0.2) is 29.6 Å². The second kappa shape index (κ2) is 11.2. The second-order valence-corrected chi connectivity index (χ2v) is 11.9. The number of amides is 2. The highest BCUT2D eigenvalue weighted by Crippen LogP contribution is 2.34. The second-order valence-electron chi connectivity index (χ2n) is 11.1. The van der Waals surface area contributed by atoms with Crippen LogP contribution in [-0.4, -0.2) is 65.0 Å². The number of hydrogen-bond acceptors (Lipinski definition) is 7. The number of rotatable bonds is 6. The van der Waals surface area contributed by atoms with Crippen molar-refractivity contribution in [2.75, 3.05) is 13.7 Å². The van der Waals surface area contributed by atoms with Crippen molar-refractivity contribution in [2.45, 2.75) is 76.3 Å². The minimum Gasteiger partial charge on any atom is -0.469 e. The maximum absolute atomic E-state index is 13.3. The molecule has 1 saturated heterocycles. The fourth-order valence-corrected chi connectivity index (χ4v) is 6.16. The van der Waals surface area contributed by atoms with Crippen molar-refractivity contribution >= 4 is 29.1 Å². The minimum absolute atomic E-state index is 0.0508. The minimum atomic E-state index is -4.49. The summed E-state index contributed by atoms with van der Waals surface area (Å²) in [6.45, 7) is 6.59. The highest BCUT2D eigenvalue weighted by atomic mass is 32.1. The molecule has 2 N–H and O–H groups in total. The first-order valence-corrected chi connectivity index (χ1v) is 13.7. The van der Waals surface area contributed by atoms with Gasteiger partial charge >= 0.3 is 12.1 Å². The molecule has 2 aliphatic rings. The van der Waals surface area contributed by atoms with Gasteiger partial charge in [0.1, 0.15) is 6.04 Å². The van der Waals surface area contributed by atoms with Gasteiger partial charge in [-0.2, -0.15) is 13.2 Å². The number of carbonyl (C=O) groups is 3. The number of alkyl halides is 3. The molecule has 2 aromatic rings. The Balaban J connectivity index is 1.42. The number of likely N-dealkylation sites (tertiary alicyclic amines) is 1. The van der Waals surface area contributed by atoms with E-state index in [-0.39, 0.29) is 45.8 Å². The molecule has 3 unspecified atom stereocenters. The molecule has 0 bridgehead atoms. The van der Waals surface area contributed by atoms with E-state index in [1.807, 2.05) is 0 Å². The van der Waals surface area contributed by atoms with E-state index in [1.54, 1.807) is 4.90 Å². The molecule has 1 aromatic carbocycles. The average molecular weight is 567 g/mol. The normalized spacial score (nSPS) is 24.1. The summed E-state index contributed by atoms with van der Waals surface area (Å²) in [5.41, 5.74) is -0.427. The third-order valence-corrected chi connectivity index (χ3v) is 7.93. The van der Waals surface area contributed by atoms with Crippen LogP contribution >= 0.6 is 11.3 Å². The van der Waals surface area contributed by atoms with E-state index in [1.165, 1.54) is 24.6 Å². The van der Waals surface area contributed by atoms with E-state index >= 15 is 0 Å². The maximum Gasteiger partial charge on any atom is 0.416 e. The maximum atomic E-state index is 13.3. The van der Waals surface area contributed by atoms with Crippen LogP contribution in [-0.2, 0) is 20.5 Å². The number of halogens is 3. The summed E-state index contributed by atoms with van der Waals surface area (Å²) in [6.07, 6.45) is -2.13. The smallest absolute Gasteiger partial charge is 0.416 e. The van der Waals surface area contributed by atoms with Gasteiger partial charge in [0.2, 0.25) is 5.91 Å². The van der Waals surface area contributed by atoms with E-state index in [0.717, 1.165) is 29.9 Å². The van der Waals surface area contributed by atoms with Crippen molar-refractivity contribution in [1.82, 2.24) is 20.5 Å². The number of benzene rings is 1. The number of ether oxygens (including phenoxy) is 1. The summed E-state index contributed by atoms with van der Waals surface area (Å²) in [5, 5.41) is 7.82. The van der Waals surface area contributed by atoms with Gasteiger partial charge in [-0.1, -0.05) is 12.1 Å². The van der Waals surface area contributed by atoms with Crippen molar-refractivity contribution in [1.29, 1.82) is 0 Å². The number of carbonyl (C=O) groups excluding carboxylic acids is 3. The number of nitrogens with one attached hydrogen (secondary N) is 2. The number of hydrogen-bond donors (Lipinski definition) is 2. The first-order valence-electron chi connectivity index (χ1n) is 12.9. The molecule has 0 spiro atoms. The monoisotopic (exact) mass is 566 g/mol. The molecular formula is C27H33F3N4O4S. The largest absolute Gasteiger partial charge is 0.469 e. The number of nitrogens with zero attached hydrogens (tertiary/aromatic N) is 2. The van der Waals surface area contributed by atoms with E-state index in [9.17, 15) is 27.6 Å². The van der Waals surface area contributed by atoms with Crippen molar-refractivity contribution in [2.24, 2.45) is 5.92 Å². The zero-order chi connectivity index (χ0) is 28.5. The van der Waals surface area contributed by atoms with Crippen LogP contribution in [0.1, 0.15) is 61.8 Å². The van der Waals surface area contributed by atoms with E-state index < -0.39 is 29.6 Å². The van der Waals surface area contributed by atoms with Crippen LogP contribution in [0.3, 0.4) is 0 Å². The quantitative estimate of drug-likeness (QED) is 0.507. The Labute approximate surface area is 229 Å². The van der Waals surface area contributed by atoms with Crippen LogP contribution in [0, 0.1) is 5.92 Å². The SMILES string of the molecule is COC(=O)C1CC(NC(C)(C)C)CCC1N1CC[C@H](NC(=O)c2nc(-c3cccc(C(F)(F)F)c3)cs2)C1=O. The molecule has 39 heavy (non-hydrogen) atoms. The third kappa shape index (κ3) is 6.78. The standard InChI is InChI=1S/C27H33F3N4O4S/c1-26(2,3)33-17-8-9-21(18(13-17)25(37)38-4)34-11-10-19(24(34)36)31-22(35)23-32-20(14-39-23)15-6-5-7-16(12-15)27(28,29)30/h5-7,12,14,17-19,21,33H,8-11,13H2,1-4H3,(H,31,35)/t17?,18?,19-,21?/m0/s1. The van der Waals surface area contributed by atoms with Crippen molar-refractivity contribution < 1.29 is 32.3 Å². The predicted molar refractivity (Wildman–Crippen MR) is 140 cm³/mol. The molecule has 1 aliphatic heterocycles. The van der Waals surface area contributed by atoms with Gasteiger partial charge in [-0.25, -0.2) is 4.98 Å². The van der Waals surface area contributed by atoms with Gasteiger partial charge in [0.25, 0.3) is 5.91 Å². The molecule has 1 saturated carbocycles. The first-order chi connectivity index (χ1) is 18.3. The number of methoxy groups -OCH3 is 1. The fourth-order valence-electron chi connectivity index (χ4n) is 5.43. The van der Waals surface area contributed by atoms with Crippen molar-refractivity contribution in [3.63, 3.8) is 0 Å². The Bertz CT molecular complexity index is 1230. The van der Waals surface area contributed by atoms with Crippen LogP contribution in [0.25, 0.3) is 11.3 Å². The summed E-state index contributed by atoms with van der Waals surface area (Å²) < 4.78 is 44.3. The lowest BCUT2D eigenvalue weighted by Crippen LogP contribution is -2.55. The Hall–Kier alpha value is -2.99. The average Bonchev–Trinajstić information content (AvgIpc) is 3.50. The molecule has 212 valence electrons. The van der Waals surface area contributed by atoms with Gasteiger partial charge in [-0.3, -0.25) is 14.4 Å². The zero-order valence-electron chi connectivity index (χ0n) is 22.3. The van der Waals surface area contributed by atoms with Gasteiger partial charge < -0.3 is 20.3 Å². The lowest BCUT2D eigenvalue weighted by Gasteiger charge is -2.41. The van der Waals surface area contributed by atoms with E-state index in [0.29, 0.717) is 25.8 Å². The number of thiazole rings is 1. The molecule has 8 nitrogen and oxygen atoms in total. The number of esters is 1. The molecule has 2 fully saturated rings. The highest BCUT2D eigenvalue weighted by Gasteiger charge is 2.45. The Morgan fingerprint density at radius 2 is 1.90 bits per heavy atom. The Kier molecular flexibility index (Phi) is 8.36. The fraction of sp³-hybridized carbons (Fsp3) is 0.556. The van der Waals surface area contributed by atoms with E-state index in [2.05, 4.69) is 36.4 Å². The first kappa shape index (κ1) is 29.0. The summed E-state index contributed by atoms with van der Waals surface area (Å²) in [5.74, 6) is -1.67. The van der Waals surface area contributed by atoms with Crippen molar-refractivity contribution in [3.8, 4) is 11.3 Å². The summed E-state index contributed by atoms with van der Waals surface area (Å²) in [4.78, 5) is 44.8. The van der Waals surface area contributed by atoms with Gasteiger partial charge in [0, 0.05) is 35.1 Å². The summed E-state index contributed by atoms with van der Waals surface area (Å²) in [6, 6.07) is 3.76. The molecule has 2 amide bonds. The summed E-state index contributed by atoms with van der Waals surface area (Å²) in [7, 11) is 1.34. The molecule has 12 heteroatoms. The molecule has 2 heterocycles.